The minimum Gasteiger partial charge on any atom is -0.508 e. The first-order valence-electron chi connectivity index (χ1n) is 10.5. The third-order valence-electron chi connectivity index (χ3n) is 7.00. The molecule has 2 aliphatic rings. The summed E-state index contributed by atoms with van der Waals surface area (Å²) in [6, 6.07) is 3.70. The maximum absolute atomic E-state index is 13.1. The van der Waals surface area contributed by atoms with E-state index in [1.54, 1.807) is 19.1 Å². The van der Waals surface area contributed by atoms with E-state index in [9.17, 15) is 14.7 Å². The molecule has 1 amide bonds. The van der Waals surface area contributed by atoms with Gasteiger partial charge in [-0.3, -0.25) is 4.79 Å². The summed E-state index contributed by atoms with van der Waals surface area (Å²) in [6.45, 7) is 11.3. The summed E-state index contributed by atoms with van der Waals surface area (Å²) in [5, 5.41) is 10.7. The molecule has 1 aromatic heterocycles. The molecule has 1 aromatic carbocycles. The fourth-order valence-electron chi connectivity index (χ4n) is 5.99. The van der Waals surface area contributed by atoms with Crippen molar-refractivity contribution in [1.82, 2.24) is 4.90 Å². The number of amides is 1. The largest absolute Gasteiger partial charge is 0.508 e. The van der Waals surface area contributed by atoms with E-state index in [1.807, 2.05) is 6.92 Å². The molecule has 2 bridgehead atoms. The first-order chi connectivity index (χ1) is 13.5. The molecule has 2 unspecified atom stereocenters. The standard InChI is InChI=1S/C24H31NO4/c1-14-17-6-8-19(26)15(2)21(17)29-22(28)18(14)7-9-20(27)25-13-24(5)11-16(25)10-23(3,4)12-24/h6,8,16,26H,7,9-13H2,1-5H3. The van der Waals surface area contributed by atoms with Crippen molar-refractivity contribution in [1.29, 1.82) is 0 Å². The molecule has 156 valence electrons. The van der Waals surface area contributed by atoms with Crippen LogP contribution in [0.3, 0.4) is 0 Å². The second kappa shape index (κ2) is 6.61. The van der Waals surface area contributed by atoms with Crippen LogP contribution in [0.1, 0.15) is 63.1 Å². The van der Waals surface area contributed by atoms with Crippen LogP contribution in [-0.4, -0.2) is 28.5 Å². The average Bonchev–Trinajstić information content (AvgIpc) is 2.87. The zero-order chi connectivity index (χ0) is 21.1. The molecule has 29 heavy (non-hydrogen) atoms. The monoisotopic (exact) mass is 397 g/mol. The fourth-order valence-corrected chi connectivity index (χ4v) is 5.99. The van der Waals surface area contributed by atoms with Crippen LogP contribution in [0.5, 0.6) is 5.75 Å². The molecule has 0 radical (unpaired) electrons. The van der Waals surface area contributed by atoms with Crippen molar-refractivity contribution in [2.24, 2.45) is 10.8 Å². The Morgan fingerprint density at radius 3 is 2.66 bits per heavy atom. The number of hydrogen-bond acceptors (Lipinski definition) is 4. The highest BCUT2D eigenvalue weighted by Gasteiger charge is 2.50. The second-order valence-electron chi connectivity index (χ2n) is 10.3. The van der Waals surface area contributed by atoms with E-state index in [-0.39, 0.29) is 22.5 Å². The topological polar surface area (TPSA) is 70.8 Å². The zero-order valence-corrected chi connectivity index (χ0v) is 18.1. The van der Waals surface area contributed by atoms with Crippen LogP contribution in [0.15, 0.2) is 21.3 Å². The van der Waals surface area contributed by atoms with E-state index in [4.69, 9.17) is 4.42 Å². The molecule has 5 heteroatoms. The number of phenolic OH excluding ortho intramolecular Hbond substituents is 1. The fraction of sp³-hybridized carbons (Fsp3) is 0.583. The van der Waals surface area contributed by atoms with Crippen LogP contribution in [0.2, 0.25) is 0 Å². The lowest BCUT2D eigenvalue weighted by atomic mass is 9.65. The number of nitrogens with zero attached hydrogens (tertiary/aromatic N) is 1. The quantitative estimate of drug-likeness (QED) is 0.776. The summed E-state index contributed by atoms with van der Waals surface area (Å²) in [5.41, 5.74) is 2.44. The van der Waals surface area contributed by atoms with E-state index < -0.39 is 5.63 Å². The number of benzene rings is 1. The van der Waals surface area contributed by atoms with Gasteiger partial charge in [-0.15, -0.1) is 0 Å². The number of carbonyl (C=O) groups excluding carboxylic acids is 1. The van der Waals surface area contributed by atoms with Gasteiger partial charge in [-0.2, -0.15) is 0 Å². The Morgan fingerprint density at radius 2 is 1.93 bits per heavy atom. The van der Waals surface area contributed by atoms with Gasteiger partial charge in [-0.1, -0.05) is 20.8 Å². The van der Waals surface area contributed by atoms with Crippen LogP contribution in [-0.2, 0) is 11.2 Å². The van der Waals surface area contributed by atoms with Gasteiger partial charge in [0.15, 0.2) is 0 Å². The Hall–Kier alpha value is -2.30. The summed E-state index contributed by atoms with van der Waals surface area (Å²) in [7, 11) is 0. The molecule has 1 saturated carbocycles. The van der Waals surface area contributed by atoms with Crippen molar-refractivity contribution < 1.29 is 14.3 Å². The van der Waals surface area contributed by atoms with Gasteiger partial charge in [-0.25, -0.2) is 4.79 Å². The first-order valence-corrected chi connectivity index (χ1v) is 10.5. The molecular weight excluding hydrogens is 366 g/mol. The van der Waals surface area contributed by atoms with E-state index in [2.05, 4.69) is 25.7 Å². The lowest BCUT2D eigenvalue weighted by Gasteiger charge is -2.39. The van der Waals surface area contributed by atoms with Crippen LogP contribution >= 0.6 is 0 Å². The Kier molecular flexibility index (Phi) is 4.56. The summed E-state index contributed by atoms with van der Waals surface area (Å²) in [5.74, 6) is 0.247. The van der Waals surface area contributed by atoms with Gasteiger partial charge in [-0.05, 0) is 68.1 Å². The van der Waals surface area contributed by atoms with Gasteiger partial charge < -0.3 is 14.4 Å². The molecular formula is C24H31NO4. The van der Waals surface area contributed by atoms with Gasteiger partial charge in [0.25, 0.3) is 0 Å². The maximum atomic E-state index is 13.1. The lowest BCUT2D eigenvalue weighted by molar-refractivity contribution is -0.132. The predicted molar refractivity (Wildman–Crippen MR) is 113 cm³/mol. The first kappa shape index (κ1) is 20.0. The van der Waals surface area contributed by atoms with E-state index in [0.29, 0.717) is 35.6 Å². The van der Waals surface area contributed by atoms with Crippen molar-refractivity contribution in [3.63, 3.8) is 0 Å². The number of fused-ring (bicyclic) bond motifs is 3. The number of likely N-dealkylation sites (tertiary alicyclic amines) is 1. The highest BCUT2D eigenvalue weighted by molar-refractivity contribution is 5.85. The number of aromatic hydroxyl groups is 1. The highest BCUT2D eigenvalue weighted by atomic mass is 16.4. The molecule has 1 saturated heterocycles. The molecule has 2 atom stereocenters. The Morgan fingerprint density at radius 1 is 1.21 bits per heavy atom. The third-order valence-corrected chi connectivity index (χ3v) is 7.00. The van der Waals surface area contributed by atoms with E-state index in [0.717, 1.165) is 36.8 Å². The summed E-state index contributed by atoms with van der Waals surface area (Å²) >= 11 is 0. The van der Waals surface area contributed by atoms with Crippen molar-refractivity contribution >= 4 is 16.9 Å². The SMILES string of the molecule is Cc1c(CCC(=O)N2CC3(C)CC2CC(C)(C)C3)c(=O)oc2c(C)c(O)ccc12. The van der Waals surface area contributed by atoms with Crippen molar-refractivity contribution in [3.05, 3.63) is 39.2 Å². The smallest absolute Gasteiger partial charge is 0.339 e. The van der Waals surface area contributed by atoms with Crippen LogP contribution in [0.25, 0.3) is 11.0 Å². The predicted octanol–water partition coefficient (Wildman–Crippen LogP) is 4.48. The maximum Gasteiger partial charge on any atom is 0.339 e. The number of rotatable bonds is 3. The zero-order valence-electron chi connectivity index (χ0n) is 18.1. The van der Waals surface area contributed by atoms with E-state index in [1.165, 1.54) is 0 Å². The molecule has 4 rings (SSSR count). The highest BCUT2D eigenvalue weighted by Crippen LogP contribution is 2.52. The Labute approximate surface area is 171 Å². The van der Waals surface area contributed by atoms with Crippen LogP contribution in [0.4, 0.5) is 0 Å². The number of hydrogen-bond donors (Lipinski definition) is 1. The van der Waals surface area contributed by atoms with Crippen LogP contribution in [0, 0.1) is 24.7 Å². The van der Waals surface area contributed by atoms with E-state index >= 15 is 0 Å². The Bertz CT molecular complexity index is 1050. The second-order valence-corrected chi connectivity index (χ2v) is 10.3. The summed E-state index contributed by atoms with van der Waals surface area (Å²) in [4.78, 5) is 27.7. The van der Waals surface area contributed by atoms with Crippen molar-refractivity contribution in [3.8, 4) is 5.75 Å². The molecule has 1 N–H and O–H groups in total. The van der Waals surface area contributed by atoms with Gasteiger partial charge in [0.1, 0.15) is 11.3 Å². The molecule has 1 aliphatic heterocycles. The molecule has 1 aliphatic carbocycles. The van der Waals surface area contributed by atoms with Gasteiger partial charge in [0.05, 0.1) is 0 Å². The average molecular weight is 398 g/mol. The summed E-state index contributed by atoms with van der Waals surface area (Å²) in [6.07, 6.45) is 3.99. The minimum absolute atomic E-state index is 0.111. The third kappa shape index (κ3) is 3.45. The van der Waals surface area contributed by atoms with Gasteiger partial charge in [0.2, 0.25) is 5.91 Å². The molecule has 2 fully saturated rings. The number of phenols is 1. The summed E-state index contributed by atoms with van der Waals surface area (Å²) < 4.78 is 5.52. The molecule has 2 heterocycles. The van der Waals surface area contributed by atoms with Gasteiger partial charge >= 0.3 is 5.63 Å². The lowest BCUT2D eigenvalue weighted by Crippen LogP contribution is -2.38. The van der Waals surface area contributed by atoms with Crippen molar-refractivity contribution in [2.75, 3.05) is 6.54 Å². The molecule has 5 nitrogen and oxygen atoms in total. The molecule has 2 aromatic rings. The Balaban J connectivity index is 1.55. The minimum atomic E-state index is -0.412. The van der Waals surface area contributed by atoms with Gasteiger partial charge in [0, 0.05) is 35.5 Å². The normalized spacial score (nSPS) is 25.6. The molecule has 0 spiro atoms. The number of aryl methyl sites for hydroxylation is 2. The van der Waals surface area contributed by atoms with Crippen molar-refractivity contribution in [2.45, 2.75) is 72.8 Å². The van der Waals surface area contributed by atoms with Crippen LogP contribution < -0.4 is 5.63 Å². The number of carbonyl (C=O) groups is 1.